The topological polar surface area (TPSA) is 64.4 Å². The van der Waals surface area contributed by atoms with Crippen LogP contribution in [0.15, 0.2) is 18.2 Å². The smallest absolute Gasteiger partial charge is 0.275 e. The van der Waals surface area contributed by atoms with Gasteiger partial charge in [0.05, 0.1) is 11.5 Å². The van der Waals surface area contributed by atoms with Crippen molar-refractivity contribution in [1.29, 1.82) is 0 Å². The highest BCUT2D eigenvalue weighted by Gasteiger charge is 2.14. The molecule has 0 saturated heterocycles. The summed E-state index contributed by atoms with van der Waals surface area (Å²) < 4.78 is 4.97. The molecule has 1 aromatic rings. The van der Waals surface area contributed by atoms with Crippen LogP contribution in [0, 0.1) is 10.1 Å². The molecule has 94 valence electrons. The van der Waals surface area contributed by atoms with E-state index in [4.69, 9.17) is 16.3 Å². The molecule has 1 aromatic carbocycles. The minimum Gasteiger partial charge on any atom is -0.383 e. The Morgan fingerprint density at radius 2 is 2.29 bits per heavy atom. The van der Waals surface area contributed by atoms with Gasteiger partial charge in [-0.15, -0.1) is 0 Å². The second-order valence-electron chi connectivity index (χ2n) is 3.77. The SMILES string of the molecule is COCC(C)NCc1ccc(Cl)cc1[N+](=O)[O-]. The van der Waals surface area contributed by atoms with Crippen LogP contribution in [0.2, 0.25) is 5.02 Å². The van der Waals surface area contributed by atoms with E-state index in [1.807, 2.05) is 6.92 Å². The molecule has 0 heterocycles. The van der Waals surface area contributed by atoms with Gasteiger partial charge < -0.3 is 10.1 Å². The summed E-state index contributed by atoms with van der Waals surface area (Å²) in [7, 11) is 1.61. The molecular weight excluding hydrogens is 244 g/mol. The Bertz CT molecular complexity index is 398. The lowest BCUT2D eigenvalue weighted by Gasteiger charge is -2.12. The van der Waals surface area contributed by atoms with Crippen molar-refractivity contribution in [3.8, 4) is 0 Å². The monoisotopic (exact) mass is 258 g/mol. The third-order valence-corrected chi connectivity index (χ3v) is 2.54. The van der Waals surface area contributed by atoms with Crippen molar-refractivity contribution in [3.05, 3.63) is 38.9 Å². The summed E-state index contributed by atoms with van der Waals surface area (Å²) in [6, 6.07) is 4.80. The average Bonchev–Trinajstić information content (AvgIpc) is 2.27. The first-order valence-electron chi connectivity index (χ1n) is 5.19. The molecular formula is C11H15ClN2O3. The predicted octanol–water partition coefficient (Wildman–Crippen LogP) is 2.37. The van der Waals surface area contributed by atoms with Gasteiger partial charge in [-0.2, -0.15) is 0 Å². The summed E-state index contributed by atoms with van der Waals surface area (Å²) in [5, 5.41) is 14.3. The Balaban J connectivity index is 2.73. The molecule has 0 fully saturated rings. The van der Waals surface area contributed by atoms with Gasteiger partial charge in [-0.25, -0.2) is 0 Å². The van der Waals surface area contributed by atoms with Crippen molar-refractivity contribution in [2.75, 3.05) is 13.7 Å². The zero-order valence-electron chi connectivity index (χ0n) is 9.77. The minimum atomic E-state index is -0.427. The number of hydrogen-bond acceptors (Lipinski definition) is 4. The van der Waals surface area contributed by atoms with Gasteiger partial charge in [-0.05, 0) is 19.1 Å². The highest BCUT2D eigenvalue weighted by atomic mass is 35.5. The maximum Gasteiger partial charge on any atom is 0.275 e. The van der Waals surface area contributed by atoms with Gasteiger partial charge in [0.15, 0.2) is 0 Å². The van der Waals surface area contributed by atoms with Crippen molar-refractivity contribution < 1.29 is 9.66 Å². The van der Waals surface area contributed by atoms with Gasteiger partial charge in [0.25, 0.3) is 5.69 Å². The fourth-order valence-corrected chi connectivity index (χ4v) is 1.62. The normalized spacial score (nSPS) is 12.4. The van der Waals surface area contributed by atoms with Gasteiger partial charge in [-0.3, -0.25) is 10.1 Å². The van der Waals surface area contributed by atoms with Crippen LogP contribution in [-0.4, -0.2) is 24.7 Å². The maximum atomic E-state index is 10.8. The Labute approximate surface area is 105 Å². The van der Waals surface area contributed by atoms with Crippen molar-refractivity contribution in [2.24, 2.45) is 0 Å². The number of nitro benzene ring substituents is 1. The van der Waals surface area contributed by atoms with E-state index in [2.05, 4.69) is 5.32 Å². The number of ether oxygens (including phenoxy) is 1. The van der Waals surface area contributed by atoms with Crippen LogP contribution in [-0.2, 0) is 11.3 Å². The molecule has 1 atom stereocenters. The lowest BCUT2D eigenvalue weighted by Crippen LogP contribution is -2.29. The van der Waals surface area contributed by atoms with Gasteiger partial charge in [0.1, 0.15) is 0 Å². The third kappa shape index (κ3) is 4.30. The lowest BCUT2D eigenvalue weighted by molar-refractivity contribution is -0.385. The fourth-order valence-electron chi connectivity index (χ4n) is 1.45. The first kappa shape index (κ1) is 13.9. The van der Waals surface area contributed by atoms with Crippen LogP contribution in [0.5, 0.6) is 0 Å². The molecule has 0 aliphatic carbocycles. The zero-order valence-corrected chi connectivity index (χ0v) is 10.5. The largest absolute Gasteiger partial charge is 0.383 e. The molecule has 0 radical (unpaired) electrons. The van der Waals surface area contributed by atoms with E-state index < -0.39 is 4.92 Å². The number of rotatable bonds is 6. The summed E-state index contributed by atoms with van der Waals surface area (Å²) >= 11 is 5.73. The van der Waals surface area contributed by atoms with E-state index in [0.29, 0.717) is 23.7 Å². The van der Waals surface area contributed by atoms with Crippen molar-refractivity contribution in [3.63, 3.8) is 0 Å². The quantitative estimate of drug-likeness (QED) is 0.628. The van der Waals surface area contributed by atoms with Crippen molar-refractivity contribution in [2.45, 2.75) is 19.5 Å². The molecule has 1 unspecified atom stereocenters. The summed E-state index contributed by atoms with van der Waals surface area (Å²) in [6.45, 7) is 2.92. The summed E-state index contributed by atoms with van der Waals surface area (Å²) in [6.07, 6.45) is 0. The number of benzene rings is 1. The van der Waals surface area contributed by atoms with E-state index in [9.17, 15) is 10.1 Å². The first-order chi connectivity index (χ1) is 8.04. The Morgan fingerprint density at radius 1 is 1.59 bits per heavy atom. The Hall–Kier alpha value is -1.17. The highest BCUT2D eigenvalue weighted by Crippen LogP contribution is 2.23. The second-order valence-corrected chi connectivity index (χ2v) is 4.20. The molecule has 0 saturated carbocycles. The molecule has 17 heavy (non-hydrogen) atoms. The maximum absolute atomic E-state index is 10.8. The van der Waals surface area contributed by atoms with Crippen LogP contribution in [0.4, 0.5) is 5.69 Å². The van der Waals surface area contributed by atoms with E-state index in [0.717, 1.165) is 0 Å². The Morgan fingerprint density at radius 3 is 2.88 bits per heavy atom. The molecule has 0 aromatic heterocycles. The standard InChI is InChI=1S/C11H15ClN2O3/c1-8(7-17-2)13-6-9-3-4-10(12)5-11(9)14(15)16/h3-5,8,13H,6-7H2,1-2H3. The molecule has 6 heteroatoms. The highest BCUT2D eigenvalue weighted by molar-refractivity contribution is 6.30. The number of halogens is 1. The second kappa shape index (κ2) is 6.54. The molecule has 1 rings (SSSR count). The van der Waals surface area contributed by atoms with Crippen LogP contribution in [0.25, 0.3) is 0 Å². The van der Waals surface area contributed by atoms with E-state index in [1.54, 1.807) is 19.2 Å². The summed E-state index contributed by atoms with van der Waals surface area (Å²) in [4.78, 5) is 10.4. The van der Waals surface area contributed by atoms with Crippen LogP contribution >= 0.6 is 11.6 Å². The molecule has 1 N–H and O–H groups in total. The Kier molecular flexibility index (Phi) is 5.34. The molecule has 0 bridgehead atoms. The molecule has 5 nitrogen and oxygen atoms in total. The van der Waals surface area contributed by atoms with Gasteiger partial charge in [0, 0.05) is 36.3 Å². The molecule has 0 spiro atoms. The van der Waals surface area contributed by atoms with E-state index in [1.165, 1.54) is 6.07 Å². The van der Waals surface area contributed by atoms with Gasteiger partial charge in [0.2, 0.25) is 0 Å². The third-order valence-electron chi connectivity index (χ3n) is 2.30. The molecule has 0 amide bonds. The summed E-state index contributed by atoms with van der Waals surface area (Å²) in [5.41, 5.74) is 0.650. The zero-order chi connectivity index (χ0) is 12.8. The van der Waals surface area contributed by atoms with Crippen molar-refractivity contribution in [1.82, 2.24) is 5.32 Å². The van der Waals surface area contributed by atoms with Crippen LogP contribution in [0.1, 0.15) is 12.5 Å². The minimum absolute atomic E-state index is 0.0367. The number of methoxy groups -OCH3 is 1. The van der Waals surface area contributed by atoms with E-state index >= 15 is 0 Å². The fraction of sp³-hybridized carbons (Fsp3) is 0.455. The predicted molar refractivity (Wildman–Crippen MR) is 66.3 cm³/mol. The number of hydrogen-bond donors (Lipinski definition) is 1. The molecule has 0 aliphatic heterocycles. The van der Waals surface area contributed by atoms with Gasteiger partial charge in [-0.1, -0.05) is 11.6 Å². The van der Waals surface area contributed by atoms with Crippen LogP contribution < -0.4 is 5.32 Å². The van der Waals surface area contributed by atoms with Crippen LogP contribution in [0.3, 0.4) is 0 Å². The number of nitrogens with one attached hydrogen (secondary N) is 1. The van der Waals surface area contributed by atoms with Crippen molar-refractivity contribution >= 4 is 17.3 Å². The first-order valence-corrected chi connectivity index (χ1v) is 5.57. The average molecular weight is 259 g/mol. The lowest BCUT2D eigenvalue weighted by atomic mass is 10.1. The number of nitrogens with zero attached hydrogens (tertiary/aromatic N) is 1. The van der Waals surface area contributed by atoms with Gasteiger partial charge >= 0.3 is 0 Å². The van der Waals surface area contributed by atoms with E-state index in [-0.39, 0.29) is 11.7 Å². The number of nitro groups is 1. The molecule has 0 aliphatic rings. The summed E-state index contributed by atoms with van der Waals surface area (Å²) in [5.74, 6) is 0.